The van der Waals surface area contributed by atoms with Crippen molar-refractivity contribution in [3.05, 3.63) is 30.0 Å². The first-order chi connectivity index (χ1) is 9.20. The Hall–Kier alpha value is -1.97. The zero-order valence-corrected chi connectivity index (χ0v) is 11.3. The summed E-state index contributed by atoms with van der Waals surface area (Å²) in [5.74, 6) is 1.10. The molecule has 19 heavy (non-hydrogen) atoms. The van der Waals surface area contributed by atoms with Gasteiger partial charge in [-0.05, 0) is 31.0 Å². The van der Waals surface area contributed by atoms with Gasteiger partial charge in [-0.15, -0.1) is 0 Å². The molecular weight excluding hydrogens is 240 g/mol. The number of aromatic amines is 1. The Bertz CT molecular complexity index is 618. The molecule has 2 heterocycles. The van der Waals surface area contributed by atoms with Gasteiger partial charge in [0.25, 0.3) is 0 Å². The number of hydrogen-bond donors (Lipinski definition) is 1. The summed E-state index contributed by atoms with van der Waals surface area (Å²) in [7, 11) is 1.66. The predicted molar refractivity (Wildman–Crippen MR) is 74.2 cm³/mol. The van der Waals surface area contributed by atoms with E-state index in [1.54, 1.807) is 7.11 Å². The largest absolute Gasteiger partial charge is 0.497 e. The number of carbonyl (C=O) groups is 1. The van der Waals surface area contributed by atoms with Crippen molar-refractivity contribution in [2.24, 2.45) is 0 Å². The average molecular weight is 258 g/mol. The van der Waals surface area contributed by atoms with Crippen LogP contribution >= 0.6 is 0 Å². The van der Waals surface area contributed by atoms with Crippen molar-refractivity contribution in [3.63, 3.8) is 0 Å². The Balaban J connectivity index is 1.98. The number of nitrogens with zero attached hydrogens (tertiary/aromatic N) is 1. The minimum absolute atomic E-state index is 0.122. The molecule has 0 spiro atoms. The number of fused-ring (bicyclic) bond motifs is 1. The van der Waals surface area contributed by atoms with Crippen LogP contribution in [0.2, 0.25) is 0 Å². The Labute approximate surface area is 112 Å². The molecule has 0 saturated carbocycles. The van der Waals surface area contributed by atoms with Crippen LogP contribution in [0, 0.1) is 0 Å². The second-order valence-electron chi connectivity index (χ2n) is 5.02. The molecule has 1 N–H and O–H groups in total. The standard InChI is InChI=1S/C15H18N2O2/c1-10(17-7-3-4-15(17)18)13-9-16-14-8-11(19-2)5-6-12(13)14/h5-6,8-10,16H,3-4,7H2,1-2H3. The lowest BCUT2D eigenvalue weighted by Gasteiger charge is -2.24. The van der Waals surface area contributed by atoms with E-state index in [2.05, 4.69) is 18.0 Å². The van der Waals surface area contributed by atoms with E-state index in [1.165, 1.54) is 5.56 Å². The minimum Gasteiger partial charge on any atom is -0.497 e. The van der Waals surface area contributed by atoms with Crippen LogP contribution in [-0.2, 0) is 4.79 Å². The molecule has 1 saturated heterocycles. The molecule has 0 radical (unpaired) electrons. The second-order valence-corrected chi connectivity index (χ2v) is 5.02. The van der Waals surface area contributed by atoms with Gasteiger partial charge < -0.3 is 14.6 Å². The summed E-state index contributed by atoms with van der Waals surface area (Å²) >= 11 is 0. The average Bonchev–Trinajstić information content (AvgIpc) is 3.03. The zero-order valence-electron chi connectivity index (χ0n) is 11.3. The Kier molecular flexibility index (Phi) is 2.93. The van der Waals surface area contributed by atoms with Crippen molar-refractivity contribution in [2.75, 3.05) is 13.7 Å². The molecule has 4 heteroatoms. The molecule has 1 fully saturated rings. The van der Waals surface area contributed by atoms with Gasteiger partial charge in [-0.25, -0.2) is 0 Å². The monoisotopic (exact) mass is 258 g/mol. The number of benzene rings is 1. The van der Waals surface area contributed by atoms with E-state index in [-0.39, 0.29) is 11.9 Å². The van der Waals surface area contributed by atoms with E-state index in [0.29, 0.717) is 6.42 Å². The number of nitrogens with one attached hydrogen (secondary N) is 1. The molecule has 1 unspecified atom stereocenters. The van der Waals surface area contributed by atoms with E-state index in [0.717, 1.165) is 29.6 Å². The van der Waals surface area contributed by atoms with Crippen LogP contribution in [0.4, 0.5) is 0 Å². The minimum atomic E-state index is 0.122. The molecule has 2 aromatic rings. The molecule has 100 valence electrons. The molecule has 1 aromatic carbocycles. The van der Waals surface area contributed by atoms with Gasteiger partial charge in [-0.1, -0.05) is 0 Å². The molecule has 1 aromatic heterocycles. The van der Waals surface area contributed by atoms with Crippen LogP contribution in [0.5, 0.6) is 5.75 Å². The highest BCUT2D eigenvalue weighted by atomic mass is 16.5. The third-order valence-corrected chi connectivity index (χ3v) is 3.95. The lowest BCUT2D eigenvalue weighted by molar-refractivity contribution is -0.129. The summed E-state index contributed by atoms with van der Waals surface area (Å²) < 4.78 is 5.22. The number of likely N-dealkylation sites (tertiary alicyclic amines) is 1. The molecular formula is C15H18N2O2. The van der Waals surface area contributed by atoms with E-state index >= 15 is 0 Å². The van der Waals surface area contributed by atoms with Crippen LogP contribution in [-0.4, -0.2) is 29.4 Å². The van der Waals surface area contributed by atoms with Gasteiger partial charge in [-0.3, -0.25) is 4.79 Å². The summed E-state index contributed by atoms with van der Waals surface area (Å²) in [6.45, 7) is 2.96. The Morgan fingerprint density at radius 3 is 2.95 bits per heavy atom. The number of amides is 1. The van der Waals surface area contributed by atoms with Crippen molar-refractivity contribution in [1.82, 2.24) is 9.88 Å². The molecule has 4 nitrogen and oxygen atoms in total. The summed E-state index contributed by atoms with van der Waals surface area (Å²) in [6, 6.07) is 6.12. The summed E-state index contributed by atoms with van der Waals surface area (Å²) in [5.41, 5.74) is 2.22. The fraction of sp³-hybridized carbons (Fsp3) is 0.400. The molecule has 1 aliphatic rings. The van der Waals surface area contributed by atoms with Crippen molar-refractivity contribution < 1.29 is 9.53 Å². The topological polar surface area (TPSA) is 45.3 Å². The van der Waals surface area contributed by atoms with Crippen molar-refractivity contribution in [2.45, 2.75) is 25.8 Å². The van der Waals surface area contributed by atoms with Gasteiger partial charge in [0.1, 0.15) is 5.75 Å². The predicted octanol–water partition coefficient (Wildman–Crippen LogP) is 2.86. The zero-order chi connectivity index (χ0) is 13.4. The van der Waals surface area contributed by atoms with Gasteiger partial charge in [0.2, 0.25) is 5.91 Å². The van der Waals surface area contributed by atoms with Crippen molar-refractivity contribution in [1.29, 1.82) is 0 Å². The number of carbonyl (C=O) groups excluding carboxylic acids is 1. The van der Waals surface area contributed by atoms with Crippen molar-refractivity contribution >= 4 is 16.8 Å². The molecule has 0 bridgehead atoms. The highest BCUT2D eigenvalue weighted by Gasteiger charge is 2.27. The molecule has 3 rings (SSSR count). The van der Waals surface area contributed by atoms with Gasteiger partial charge in [0, 0.05) is 36.1 Å². The summed E-state index contributed by atoms with van der Waals surface area (Å²) in [4.78, 5) is 17.1. The van der Waals surface area contributed by atoms with Crippen LogP contribution in [0.25, 0.3) is 10.9 Å². The van der Waals surface area contributed by atoms with Crippen LogP contribution in [0.3, 0.4) is 0 Å². The fourth-order valence-electron chi connectivity index (χ4n) is 2.85. The van der Waals surface area contributed by atoms with Crippen LogP contribution < -0.4 is 4.74 Å². The summed E-state index contributed by atoms with van der Waals surface area (Å²) in [5, 5.41) is 1.16. The first-order valence-electron chi connectivity index (χ1n) is 6.65. The van der Waals surface area contributed by atoms with Crippen molar-refractivity contribution in [3.8, 4) is 5.75 Å². The van der Waals surface area contributed by atoms with Gasteiger partial charge in [0.15, 0.2) is 0 Å². The Morgan fingerprint density at radius 1 is 1.42 bits per heavy atom. The summed E-state index contributed by atoms with van der Waals surface area (Å²) in [6.07, 6.45) is 3.65. The number of aromatic nitrogens is 1. The maximum absolute atomic E-state index is 11.8. The molecule has 0 aliphatic carbocycles. The van der Waals surface area contributed by atoms with Crippen LogP contribution in [0.15, 0.2) is 24.4 Å². The number of rotatable bonds is 3. The first kappa shape index (κ1) is 12.1. The maximum Gasteiger partial charge on any atom is 0.223 e. The molecule has 1 atom stereocenters. The second kappa shape index (κ2) is 4.61. The van der Waals surface area contributed by atoms with Gasteiger partial charge in [-0.2, -0.15) is 0 Å². The lowest BCUT2D eigenvalue weighted by Crippen LogP contribution is -2.27. The smallest absolute Gasteiger partial charge is 0.223 e. The van der Waals surface area contributed by atoms with E-state index < -0.39 is 0 Å². The number of H-pyrrole nitrogens is 1. The lowest BCUT2D eigenvalue weighted by atomic mass is 10.1. The van der Waals surface area contributed by atoms with E-state index in [9.17, 15) is 4.79 Å². The highest BCUT2D eigenvalue weighted by molar-refractivity contribution is 5.86. The number of hydrogen-bond acceptors (Lipinski definition) is 2. The molecule has 1 amide bonds. The number of ether oxygens (including phenoxy) is 1. The van der Waals surface area contributed by atoms with E-state index in [1.807, 2.05) is 23.2 Å². The maximum atomic E-state index is 11.8. The fourth-order valence-corrected chi connectivity index (χ4v) is 2.85. The SMILES string of the molecule is COc1ccc2c(C(C)N3CCCC3=O)c[nH]c2c1. The quantitative estimate of drug-likeness (QED) is 0.920. The first-order valence-corrected chi connectivity index (χ1v) is 6.65. The third kappa shape index (κ3) is 1.97. The normalized spacial score (nSPS) is 17.2. The van der Waals surface area contributed by atoms with Crippen LogP contribution in [0.1, 0.15) is 31.4 Å². The Morgan fingerprint density at radius 2 is 2.26 bits per heavy atom. The molecule has 1 aliphatic heterocycles. The van der Waals surface area contributed by atoms with Gasteiger partial charge >= 0.3 is 0 Å². The highest BCUT2D eigenvalue weighted by Crippen LogP contribution is 2.32. The number of methoxy groups -OCH3 is 1. The third-order valence-electron chi connectivity index (χ3n) is 3.95. The van der Waals surface area contributed by atoms with E-state index in [4.69, 9.17) is 4.74 Å². The van der Waals surface area contributed by atoms with Gasteiger partial charge in [0.05, 0.1) is 13.2 Å².